The summed E-state index contributed by atoms with van der Waals surface area (Å²) in [6.45, 7) is 1.28. The molecule has 1 amide bonds. The first-order chi connectivity index (χ1) is 10.1. The monoisotopic (exact) mass is 284 g/mol. The van der Waals surface area contributed by atoms with E-state index in [9.17, 15) is 9.18 Å². The summed E-state index contributed by atoms with van der Waals surface area (Å²) in [5.41, 5.74) is 9.87. The van der Waals surface area contributed by atoms with Crippen molar-refractivity contribution in [3.8, 4) is 0 Å². The van der Waals surface area contributed by atoms with E-state index in [2.05, 4.69) is 0 Å². The minimum Gasteiger partial charge on any atom is -0.398 e. The van der Waals surface area contributed by atoms with Crippen LogP contribution in [0.3, 0.4) is 0 Å². The summed E-state index contributed by atoms with van der Waals surface area (Å²) >= 11 is 0. The number of benzene rings is 2. The van der Waals surface area contributed by atoms with Crippen LogP contribution in [0.5, 0.6) is 0 Å². The molecule has 0 aromatic heterocycles. The molecule has 1 aliphatic heterocycles. The standard InChI is InChI=1S/C17H17FN2O/c18-14-6-4-12(5-7-14)10-17(21)20-9-8-15-13(11-20)2-1-3-16(15)19/h1-7H,8-11,19H2. The predicted octanol–water partition coefficient (Wildman–Crippen LogP) is 2.54. The van der Waals surface area contributed by atoms with Crippen LogP contribution in [-0.2, 0) is 24.2 Å². The topological polar surface area (TPSA) is 46.3 Å². The van der Waals surface area contributed by atoms with E-state index < -0.39 is 0 Å². The third-order valence-corrected chi connectivity index (χ3v) is 3.92. The average Bonchev–Trinajstić information content (AvgIpc) is 2.49. The number of carbonyl (C=O) groups excluding carboxylic acids is 1. The zero-order valence-electron chi connectivity index (χ0n) is 11.7. The van der Waals surface area contributed by atoms with Gasteiger partial charge in [-0.05, 0) is 41.3 Å². The summed E-state index contributed by atoms with van der Waals surface area (Å²) in [6, 6.07) is 11.9. The van der Waals surface area contributed by atoms with Crippen molar-refractivity contribution in [2.45, 2.75) is 19.4 Å². The van der Waals surface area contributed by atoms with E-state index in [0.717, 1.165) is 28.8 Å². The number of nitrogens with zero attached hydrogens (tertiary/aromatic N) is 1. The first kappa shape index (κ1) is 13.6. The predicted molar refractivity (Wildman–Crippen MR) is 80.1 cm³/mol. The zero-order chi connectivity index (χ0) is 14.8. The summed E-state index contributed by atoms with van der Waals surface area (Å²) in [5, 5.41) is 0. The lowest BCUT2D eigenvalue weighted by Crippen LogP contribution is -2.37. The fraction of sp³-hybridized carbons (Fsp3) is 0.235. The van der Waals surface area contributed by atoms with Crippen LogP contribution in [0.25, 0.3) is 0 Å². The Hall–Kier alpha value is -2.36. The van der Waals surface area contributed by atoms with Crippen molar-refractivity contribution in [1.82, 2.24) is 4.90 Å². The van der Waals surface area contributed by atoms with Crippen molar-refractivity contribution < 1.29 is 9.18 Å². The maximum absolute atomic E-state index is 12.9. The third kappa shape index (κ3) is 2.89. The summed E-state index contributed by atoms with van der Waals surface area (Å²) in [7, 11) is 0. The van der Waals surface area contributed by atoms with E-state index >= 15 is 0 Å². The van der Waals surface area contributed by atoms with Crippen LogP contribution in [0, 0.1) is 5.82 Å². The molecule has 0 aliphatic carbocycles. The number of halogens is 1. The van der Waals surface area contributed by atoms with Gasteiger partial charge in [0.1, 0.15) is 5.82 Å². The number of amides is 1. The highest BCUT2D eigenvalue weighted by atomic mass is 19.1. The Morgan fingerprint density at radius 2 is 1.95 bits per heavy atom. The lowest BCUT2D eigenvalue weighted by molar-refractivity contribution is -0.131. The Labute approximate surface area is 123 Å². The molecule has 0 fully saturated rings. The Morgan fingerprint density at radius 3 is 2.71 bits per heavy atom. The Morgan fingerprint density at radius 1 is 1.19 bits per heavy atom. The molecule has 0 spiro atoms. The van der Waals surface area contributed by atoms with Gasteiger partial charge in [-0.15, -0.1) is 0 Å². The van der Waals surface area contributed by atoms with E-state index in [4.69, 9.17) is 5.73 Å². The molecule has 0 saturated carbocycles. The average molecular weight is 284 g/mol. The van der Waals surface area contributed by atoms with Crippen LogP contribution < -0.4 is 5.73 Å². The first-order valence-electron chi connectivity index (χ1n) is 7.02. The van der Waals surface area contributed by atoms with E-state index in [0.29, 0.717) is 19.5 Å². The second-order valence-corrected chi connectivity index (χ2v) is 5.35. The third-order valence-electron chi connectivity index (χ3n) is 3.92. The highest BCUT2D eigenvalue weighted by molar-refractivity contribution is 5.79. The molecule has 0 bridgehead atoms. The van der Waals surface area contributed by atoms with Crippen molar-refractivity contribution in [2.75, 3.05) is 12.3 Å². The van der Waals surface area contributed by atoms with Gasteiger partial charge in [0.2, 0.25) is 5.91 Å². The van der Waals surface area contributed by atoms with Gasteiger partial charge < -0.3 is 10.6 Å². The summed E-state index contributed by atoms with van der Waals surface area (Å²) in [6.07, 6.45) is 1.09. The van der Waals surface area contributed by atoms with Gasteiger partial charge >= 0.3 is 0 Å². The van der Waals surface area contributed by atoms with E-state index in [1.165, 1.54) is 12.1 Å². The lowest BCUT2D eigenvalue weighted by atomic mass is 9.97. The number of nitrogens with two attached hydrogens (primary N) is 1. The number of hydrogen-bond donors (Lipinski definition) is 1. The molecule has 3 nitrogen and oxygen atoms in total. The zero-order valence-corrected chi connectivity index (χ0v) is 11.7. The SMILES string of the molecule is Nc1cccc2c1CCN(C(=O)Cc1ccc(F)cc1)C2. The summed E-state index contributed by atoms with van der Waals surface area (Å²) < 4.78 is 12.9. The van der Waals surface area contributed by atoms with E-state index in [-0.39, 0.29) is 11.7 Å². The molecule has 0 radical (unpaired) electrons. The van der Waals surface area contributed by atoms with Crippen LogP contribution in [0.1, 0.15) is 16.7 Å². The maximum atomic E-state index is 12.9. The largest absolute Gasteiger partial charge is 0.398 e. The molecule has 2 N–H and O–H groups in total. The van der Waals surface area contributed by atoms with Crippen LogP contribution in [0.15, 0.2) is 42.5 Å². The van der Waals surface area contributed by atoms with Gasteiger partial charge in [-0.1, -0.05) is 24.3 Å². The van der Waals surface area contributed by atoms with Crippen molar-refractivity contribution in [2.24, 2.45) is 0 Å². The molecule has 21 heavy (non-hydrogen) atoms. The molecular weight excluding hydrogens is 267 g/mol. The molecule has 3 rings (SSSR count). The first-order valence-corrected chi connectivity index (χ1v) is 7.02. The lowest BCUT2D eigenvalue weighted by Gasteiger charge is -2.29. The smallest absolute Gasteiger partial charge is 0.227 e. The number of nitrogen functional groups attached to an aromatic ring is 1. The van der Waals surface area contributed by atoms with Crippen LogP contribution >= 0.6 is 0 Å². The van der Waals surface area contributed by atoms with Gasteiger partial charge in [-0.2, -0.15) is 0 Å². The molecule has 0 atom stereocenters. The van der Waals surface area contributed by atoms with Gasteiger partial charge in [-0.3, -0.25) is 4.79 Å². The second kappa shape index (κ2) is 5.56. The molecule has 0 saturated heterocycles. The minimum absolute atomic E-state index is 0.0645. The van der Waals surface area contributed by atoms with Crippen molar-refractivity contribution in [1.29, 1.82) is 0 Å². The highest BCUT2D eigenvalue weighted by Gasteiger charge is 2.21. The molecule has 0 unspecified atom stereocenters. The number of carbonyl (C=O) groups is 1. The summed E-state index contributed by atoms with van der Waals surface area (Å²) in [5.74, 6) is -0.219. The van der Waals surface area contributed by atoms with Gasteiger partial charge in [0.05, 0.1) is 6.42 Å². The number of rotatable bonds is 2. The number of fused-ring (bicyclic) bond motifs is 1. The van der Waals surface area contributed by atoms with Crippen LogP contribution in [0.2, 0.25) is 0 Å². The van der Waals surface area contributed by atoms with Gasteiger partial charge in [0.15, 0.2) is 0 Å². The van der Waals surface area contributed by atoms with Gasteiger partial charge in [0, 0.05) is 18.8 Å². The van der Waals surface area contributed by atoms with Gasteiger partial charge in [0.25, 0.3) is 0 Å². The van der Waals surface area contributed by atoms with E-state index in [1.807, 2.05) is 23.1 Å². The Balaban J connectivity index is 1.71. The highest BCUT2D eigenvalue weighted by Crippen LogP contribution is 2.24. The second-order valence-electron chi connectivity index (χ2n) is 5.35. The number of anilines is 1. The van der Waals surface area contributed by atoms with Crippen molar-refractivity contribution in [3.63, 3.8) is 0 Å². The molecule has 2 aromatic carbocycles. The Bertz CT molecular complexity index is 667. The fourth-order valence-corrected chi connectivity index (χ4v) is 2.74. The quantitative estimate of drug-likeness (QED) is 0.861. The molecule has 4 heteroatoms. The van der Waals surface area contributed by atoms with E-state index in [1.54, 1.807) is 12.1 Å². The van der Waals surface area contributed by atoms with Crippen LogP contribution in [-0.4, -0.2) is 17.4 Å². The molecule has 1 aliphatic rings. The maximum Gasteiger partial charge on any atom is 0.227 e. The van der Waals surface area contributed by atoms with Crippen molar-refractivity contribution in [3.05, 3.63) is 65.0 Å². The van der Waals surface area contributed by atoms with Gasteiger partial charge in [-0.25, -0.2) is 4.39 Å². The van der Waals surface area contributed by atoms with Crippen molar-refractivity contribution >= 4 is 11.6 Å². The van der Waals surface area contributed by atoms with Crippen LogP contribution in [0.4, 0.5) is 10.1 Å². The molecular formula is C17H17FN2O. The fourth-order valence-electron chi connectivity index (χ4n) is 2.74. The normalized spacial score (nSPS) is 13.9. The molecule has 108 valence electrons. The number of hydrogen-bond acceptors (Lipinski definition) is 2. The molecule has 2 aromatic rings. The minimum atomic E-state index is -0.284. The molecule has 1 heterocycles. The Kier molecular flexibility index (Phi) is 3.60. The summed E-state index contributed by atoms with van der Waals surface area (Å²) in [4.78, 5) is 14.2.